The molecule has 1 aliphatic rings. The van der Waals surface area contributed by atoms with E-state index < -0.39 is 0 Å². The average molecular weight is 220 g/mol. The maximum absolute atomic E-state index is 5.61. The second kappa shape index (κ2) is 5.17. The third kappa shape index (κ3) is 4.29. The van der Waals surface area contributed by atoms with Crippen LogP contribution in [0.5, 0.6) is 0 Å². The van der Waals surface area contributed by atoms with Gasteiger partial charge in [-0.1, -0.05) is 0 Å². The standard InChI is InChI=1S/C9H16O2S2/c1-6(2)10-8-5-9(13-12-8)11-7(3)4/h5-8H,1-4H3. The summed E-state index contributed by atoms with van der Waals surface area (Å²) in [6.07, 6.45) is 2.56. The first kappa shape index (κ1) is 11.3. The molecule has 0 N–H and O–H groups in total. The van der Waals surface area contributed by atoms with Gasteiger partial charge in [0, 0.05) is 6.08 Å². The Balaban J connectivity index is 2.35. The lowest BCUT2D eigenvalue weighted by atomic mass is 10.5. The topological polar surface area (TPSA) is 18.5 Å². The molecule has 4 heteroatoms. The van der Waals surface area contributed by atoms with Gasteiger partial charge in [-0.15, -0.1) is 0 Å². The van der Waals surface area contributed by atoms with Gasteiger partial charge in [0.05, 0.1) is 12.2 Å². The summed E-state index contributed by atoms with van der Waals surface area (Å²) in [7, 11) is 3.35. The summed E-state index contributed by atoms with van der Waals surface area (Å²) in [6, 6.07) is 0. The van der Waals surface area contributed by atoms with E-state index in [0.29, 0.717) is 0 Å². The predicted octanol–water partition coefficient (Wildman–Crippen LogP) is 3.40. The number of ether oxygens (including phenoxy) is 2. The molecule has 0 fully saturated rings. The van der Waals surface area contributed by atoms with Gasteiger partial charge in [-0.25, -0.2) is 0 Å². The van der Waals surface area contributed by atoms with Crippen LogP contribution in [-0.4, -0.2) is 17.6 Å². The molecule has 0 aromatic heterocycles. The summed E-state index contributed by atoms with van der Waals surface area (Å²) in [5.41, 5.74) is 0.152. The normalized spacial score (nSPS) is 22.6. The lowest BCUT2D eigenvalue weighted by Crippen LogP contribution is -2.09. The van der Waals surface area contributed by atoms with Gasteiger partial charge >= 0.3 is 0 Å². The Hall–Kier alpha value is 0.200. The van der Waals surface area contributed by atoms with Gasteiger partial charge in [-0.2, -0.15) is 0 Å². The average Bonchev–Trinajstić information content (AvgIpc) is 2.33. The van der Waals surface area contributed by atoms with E-state index in [1.807, 2.05) is 33.8 Å². The number of hydrogen-bond donors (Lipinski definition) is 0. The third-order valence-corrected chi connectivity index (χ3v) is 3.54. The van der Waals surface area contributed by atoms with Gasteiger partial charge in [-0.05, 0) is 49.3 Å². The van der Waals surface area contributed by atoms with Gasteiger partial charge in [0.2, 0.25) is 0 Å². The second-order valence-corrected chi connectivity index (χ2v) is 5.69. The molecule has 1 unspecified atom stereocenters. The van der Waals surface area contributed by atoms with Crippen molar-refractivity contribution < 1.29 is 9.47 Å². The highest BCUT2D eigenvalue weighted by atomic mass is 33.1. The summed E-state index contributed by atoms with van der Waals surface area (Å²) in [5, 5.41) is 0.977. The van der Waals surface area contributed by atoms with Crippen molar-refractivity contribution in [1.82, 2.24) is 0 Å². The molecule has 1 atom stereocenters. The van der Waals surface area contributed by atoms with Crippen molar-refractivity contribution in [2.24, 2.45) is 0 Å². The van der Waals surface area contributed by atoms with Crippen LogP contribution in [0.3, 0.4) is 0 Å². The van der Waals surface area contributed by atoms with Gasteiger partial charge in [0.15, 0.2) is 5.09 Å². The first-order valence-corrected chi connectivity index (χ1v) is 6.66. The third-order valence-electron chi connectivity index (χ3n) is 1.26. The van der Waals surface area contributed by atoms with Crippen LogP contribution in [0.1, 0.15) is 27.7 Å². The van der Waals surface area contributed by atoms with Crippen molar-refractivity contribution in [1.29, 1.82) is 0 Å². The molecule has 2 nitrogen and oxygen atoms in total. The number of hydrogen-bond acceptors (Lipinski definition) is 4. The molecule has 0 saturated carbocycles. The van der Waals surface area contributed by atoms with Crippen LogP contribution in [0.25, 0.3) is 0 Å². The molecule has 76 valence electrons. The quantitative estimate of drug-likeness (QED) is 0.676. The van der Waals surface area contributed by atoms with E-state index in [0.717, 1.165) is 5.09 Å². The highest BCUT2D eigenvalue weighted by Gasteiger charge is 2.20. The zero-order valence-corrected chi connectivity index (χ0v) is 10.1. The summed E-state index contributed by atoms with van der Waals surface area (Å²) in [5.74, 6) is 0. The molecule has 0 aromatic rings. The van der Waals surface area contributed by atoms with Gasteiger partial charge < -0.3 is 9.47 Å². The van der Waals surface area contributed by atoms with E-state index in [9.17, 15) is 0 Å². The van der Waals surface area contributed by atoms with Gasteiger partial charge in [-0.3, -0.25) is 0 Å². The van der Waals surface area contributed by atoms with Crippen LogP contribution < -0.4 is 0 Å². The summed E-state index contributed by atoms with van der Waals surface area (Å²) in [6.45, 7) is 8.14. The van der Waals surface area contributed by atoms with Crippen molar-refractivity contribution >= 4 is 21.6 Å². The molecule has 0 bridgehead atoms. The van der Waals surface area contributed by atoms with Crippen LogP contribution in [-0.2, 0) is 9.47 Å². The van der Waals surface area contributed by atoms with Crippen molar-refractivity contribution in [2.45, 2.75) is 45.3 Å². The molecule has 1 aliphatic heterocycles. The lowest BCUT2D eigenvalue weighted by Gasteiger charge is -2.10. The molecule has 1 rings (SSSR count). The van der Waals surface area contributed by atoms with Crippen LogP contribution in [0.15, 0.2) is 11.2 Å². The minimum atomic E-state index is 0.152. The fourth-order valence-electron chi connectivity index (χ4n) is 0.883. The molecule has 0 saturated heterocycles. The van der Waals surface area contributed by atoms with E-state index in [1.165, 1.54) is 0 Å². The van der Waals surface area contributed by atoms with Crippen LogP contribution >= 0.6 is 21.6 Å². The smallest absolute Gasteiger partial charge is 0.163 e. The zero-order chi connectivity index (χ0) is 9.84. The van der Waals surface area contributed by atoms with Crippen molar-refractivity contribution in [3.63, 3.8) is 0 Å². The molecule has 0 spiro atoms. The van der Waals surface area contributed by atoms with Crippen LogP contribution in [0, 0.1) is 0 Å². The second-order valence-electron chi connectivity index (χ2n) is 3.39. The molecule has 0 radical (unpaired) electrons. The lowest BCUT2D eigenvalue weighted by molar-refractivity contribution is 0.0810. The molecule has 0 aromatic carbocycles. The fraction of sp³-hybridized carbons (Fsp3) is 0.778. The fourth-order valence-corrected chi connectivity index (χ4v) is 3.17. The van der Waals surface area contributed by atoms with Crippen LogP contribution in [0.2, 0.25) is 0 Å². The Kier molecular flexibility index (Phi) is 4.49. The molecule has 0 amide bonds. The monoisotopic (exact) mass is 220 g/mol. The molecule has 0 aliphatic carbocycles. The minimum absolute atomic E-state index is 0.152. The summed E-state index contributed by atoms with van der Waals surface area (Å²) >= 11 is 0. The maximum Gasteiger partial charge on any atom is 0.163 e. The molecular formula is C9H16O2S2. The van der Waals surface area contributed by atoms with Crippen molar-refractivity contribution in [2.75, 3.05) is 0 Å². The Bertz CT molecular complexity index is 190. The summed E-state index contributed by atoms with van der Waals surface area (Å²) in [4.78, 5) is 0. The number of rotatable bonds is 4. The van der Waals surface area contributed by atoms with Gasteiger partial charge in [0.1, 0.15) is 5.44 Å². The van der Waals surface area contributed by atoms with Crippen molar-refractivity contribution in [3.8, 4) is 0 Å². The highest BCUT2D eigenvalue weighted by Crippen LogP contribution is 2.43. The summed E-state index contributed by atoms with van der Waals surface area (Å²) < 4.78 is 11.2. The molecular weight excluding hydrogens is 204 g/mol. The first-order valence-electron chi connectivity index (χ1n) is 4.45. The molecule has 1 heterocycles. The van der Waals surface area contributed by atoms with Crippen LogP contribution in [0.4, 0.5) is 0 Å². The molecule has 13 heavy (non-hydrogen) atoms. The van der Waals surface area contributed by atoms with Gasteiger partial charge in [0.25, 0.3) is 0 Å². The first-order chi connectivity index (χ1) is 6.08. The zero-order valence-electron chi connectivity index (χ0n) is 8.44. The Labute approximate surface area is 87.8 Å². The van der Waals surface area contributed by atoms with E-state index in [2.05, 4.69) is 0 Å². The van der Waals surface area contributed by atoms with E-state index >= 15 is 0 Å². The maximum atomic E-state index is 5.61. The SMILES string of the molecule is CC(C)OC1=CC(OC(C)C)SS1. The Morgan fingerprint density at radius 1 is 1.23 bits per heavy atom. The van der Waals surface area contributed by atoms with E-state index in [-0.39, 0.29) is 17.6 Å². The van der Waals surface area contributed by atoms with E-state index in [1.54, 1.807) is 21.6 Å². The van der Waals surface area contributed by atoms with E-state index in [4.69, 9.17) is 9.47 Å². The Morgan fingerprint density at radius 2 is 1.92 bits per heavy atom. The highest BCUT2D eigenvalue weighted by molar-refractivity contribution is 8.78. The Morgan fingerprint density at radius 3 is 2.46 bits per heavy atom. The minimum Gasteiger partial charge on any atom is -0.484 e. The largest absolute Gasteiger partial charge is 0.484 e. The van der Waals surface area contributed by atoms with Crippen molar-refractivity contribution in [3.05, 3.63) is 11.2 Å². The predicted molar refractivity (Wildman–Crippen MR) is 59.5 cm³/mol.